The van der Waals surface area contributed by atoms with Crippen molar-refractivity contribution in [2.24, 2.45) is 5.73 Å². The maximum absolute atomic E-state index is 13.4. The molecule has 0 bridgehead atoms. The quantitative estimate of drug-likeness (QED) is 0.389. The van der Waals surface area contributed by atoms with Crippen molar-refractivity contribution < 1.29 is 19.5 Å². The molecule has 2 amide bonds. The van der Waals surface area contributed by atoms with Crippen LogP contribution in [0.1, 0.15) is 41.6 Å². The number of nitrogens with zero attached hydrogens (tertiary/aromatic N) is 1. The van der Waals surface area contributed by atoms with E-state index in [0.717, 1.165) is 24.0 Å². The number of aryl methyl sites for hydroxylation is 1. The molecule has 0 saturated heterocycles. The van der Waals surface area contributed by atoms with Crippen molar-refractivity contribution in [3.8, 4) is 11.1 Å². The molecule has 0 spiro atoms. The van der Waals surface area contributed by atoms with Gasteiger partial charge in [0.1, 0.15) is 6.04 Å². The lowest BCUT2D eigenvalue weighted by atomic mass is 10.0. The fourth-order valence-electron chi connectivity index (χ4n) is 3.97. The number of benzene rings is 3. The Kier molecular flexibility index (Phi) is 8.97. The number of carbonyl (C=O) groups is 3. The van der Waals surface area contributed by atoms with Gasteiger partial charge >= 0.3 is 5.97 Å². The van der Waals surface area contributed by atoms with E-state index < -0.39 is 17.9 Å². The van der Waals surface area contributed by atoms with E-state index in [0.29, 0.717) is 18.5 Å². The lowest BCUT2D eigenvalue weighted by molar-refractivity contribution is -0.137. The molecule has 0 heterocycles. The van der Waals surface area contributed by atoms with Crippen molar-refractivity contribution in [3.05, 3.63) is 96.1 Å². The third kappa shape index (κ3) is 7.04. The van der Waals surface area contributed by atoms with Gasteiger partial charge in [0.2, 0.25) is 5.91 Å². The predicted octanol–water partition coefficient (Wildman–Crippen LogP) is 4.54. The summed E-state index contributed by atoms with van der Waals surface area (Å²) in [6.45, 7) is 0.319. The van der Waals surface area contributed by atoms with Crippen LogP contribution in [-0.4, -0.2) is 40.4 Å². The van der Waals surface area contributed by atoms with Crippen molar-refractivity contribution >= 4 is 17.8 Å². The van der Waals surface area contributed by atoms with Gasteiger partial charge in [-0.3, -0.25) is 14.4 Å². The van der Waals surface area contributed by atoms with Gasteiger partial charge in [0.05, 0.1) is 0 Å². The zero-order chi connectivity index (χ0) is 24.3. The normalized spacial score (nSPS) is 11.5. The first-order valence-corrected chi connectivity index (χ1v) is 11.5. The first kappa shape index (κ1) is 24.7. The van der Waals surface area contributed by atoms with Crippen LogP contribution in [-0.2, 0) is 16.0 Å². The Hall–Kier alpha value is -3.93. The Morgan fingerprint density at radius 3 is 1.97 bits per heavy atom. The Morgan fingerprint density at radius 2 is 1.38 bits per heavy atom. The van der Waals surface area contributed by atoms with E-state index in [1.54, 1.807) is 12.1 Å². The molecule has 176 valence electrons. The van der Waals surface area contributed by atoms with Crippen LogP contribution in [0.15, 0.2) is 84.9 Å². The highest BCUT2D eigenvalue weighted by molar-refractivity contribution is 5.97. The molecular formula is C28H30N2O4. The molecule has 6 heteroatoms. The van der Waals surface area contributed by atoms with Crippen LogP contribution < -0.4 is 5.73 Å². The molecule has 1 atom stereocenters. The highest BCUT2D eigenvalue weighted by Gasteiger charge is 2.29. The van der Waals surface area contributed by atoms with Crippen LogP contribution in [0.3, 0.4) is 0 Å². The number of aliphatic carboxylic acids is 1. The lowest BCUT2D eigenvalue weighted by Crippen LogP contribution is -2.48. The van der Waals surface area contributed by atoms with Gasteiger partial charge < -0.3 is 15.7 Å². The van der Waals surface area contributed by atoms with E-state index in [9.17, 15) is 14.4 Å². The monoisotopic (exact) mass is 458 g/mol. The van der Waals surface area contributed by atoms with Gasteiger partial charge in [-0.15, -0.1) is 0 Å². The average molecular weight is 459 g/mol. The number of unbranched alkanes of at least 4 members (excludes halogenated alkanes) is 1. The number of nitrogens with two attached hydrogens (primary N) is 1. The summed E-state index contributed by atoms with van der Waals surface area (Å²) in [6, 6.07) is 26.1. The number of hydrogen-bond acceptors (Lipinski definition) is 3. The first-order chi connectivity index (χ1) is 16.5. The molecule has 0 unspecified atom stereocenters. The van der Waals surface area contributed by atoms with Crippen LogP contribution in [0, 0.1) is 0 Å². The summed E-state index contributed by atoms with van der Waals surface area (Å²) >= 11 is 0. The van der Waals surface area contributed by atoms with Gasteiger partial charge in [0.15, 0.2) is 0 Å². The molecule has 3 aromatic carbocycles. The van der Waals surface area contributed by atoms with E-state index in [2.05, 4.69) is 12.1 Å². The van der Waals surface area contributed by atoms with Crippen molar-refractivity contribution in [1.29, 1.82) is 0 Å². The second-order valence-corrected chi connectivity index (χ2v) is 8.24. The second kappa shape index (κ2) is 12.3. The lowest BCUT2D eigenvalue weighted by Gasteiger charge is -2.30. The Bertz CT molecular complexity index is 1080. The van der Waals surface area contributed by atoms with Crippen LogP contribution in [0.4, 0.5) is 0 Å². The summed E-state index contributed by atoms with van der Waals surface area (Å²) in [5.41, 5.74) is 9.26. The Balaban J connectivity index is 1.75. The number of amides is 2. The smallest absolute Gasteiger partial charge is 0.303 e. The summed E-state index contributed by atoms with van der Waals surface area (Å²) in [6.07, 6.45) is 2.08. The zero-order valence-corrected chi connectivity index (χ0v) is 19.1. The van der Waals surface area contributed by atoms with Crippen LogP contribution in [0.5, 0.6) is 0 Å². The summed E-state index contributed by atoms with van der Waals surface area (Å²) in [4.78, 5) is 38.2. The van der Waals surface area contributed by atoms with Gasteiger partial charge in [-0.05, 0) is 54.5 Å². The fraction of sp³-hybridized carbons (Fsp3) is 0.250. The zero-order valence-electron chi connectivity index (χ0n) is 19.1. The van der Waals surface area contributed by atoms with E-state index in [1.165, 1.54) is 10.5 Å². The molecular weight excluding hydrogens is 428 g/mol. The predicted molar refractivity (Wildman–Crippen MR) is 132 cm³/mol. The van der Waals surface area contributed by atoms with Crippen molar-refractivity contribution in [2.45, 2.75) is 38.1 Å². The molecule has 0 fully saturated rings. The minimum absolute atomic E-state index is 0.0167. The highest BCUT2D eigenvalue weighted by atomic mass is 16.4. The number of carbonyl (C=O) groups excluding carboxylic acids is 2. The summed E-state index contributed by atoms with van der Waals surface area (Å²) in [5, 5.41) is 9.10. The van der Waals surface area contributed by atoms with E-state index in [4.69, 9.17) is 10.8 Å². The van der Waals surface area contributed by atoms with Gasteiger partial charge in [0, 0.05) is 18.5 Å². The molecule has 3 aromatic rings. The van der Waals surface area contributed by atoms with Gasteiger partial charge in [-0.2, -0.15) is 0 Å². The summed E-state index contributed by atoms with van der Waals surface area (Å²) in [5.74, 6) is -2.05. The summed E-state index contributed by atoms with van der Waals surface area (Å²) < 4.78 is 0. The molecule has 3 rings (SSSR count). The van der Waals surface area contributed by atoms with E-state index >= 15 is 0 Å². The largest absolute Gasteiger partial charge is 0.481 e. The SMILES string of the molecule is NC(=O)[C@H](CCC(=O)O)N(CCCCc1ccccc1)C(=O)c1ccc(-c2ccccc2)cc1. The number of carboxylic acids is 1. The molecule has 3 N–H and O–H groups in total. The van der Waals surface area contributed by atoms with E-state index in [-0.39, 0.29) is 18.7 Å². The van der Waals surface area contributed by atoms with Crippen LogP contribution in [0.2, 0.25) is 0 Å². The molecule has 0 saturated carbocycles. The van der Waals surface area contributed by atoms with Crippen molar-refractivity contribution in [3.63, 3.8) is 0 Å². The fourth-order valence-corrected chi connectivity index (χ4v) is 3.97. The highest BCUT2D eigenvalue weighted by Crippen LogP contribution is 2.21. The van der Waals surface area contributed by atoms with Crippen LogP contribution >= 0.6 is 0 Å². The number of primary amides is 1. The summed E-state index contributed by atoms with van der Waals surface area (Å²) in [7, 11) is 0. The molecule has 34 heavy (non-hydrogen) atoms. The molecule has 6 nitrogen and oxygen atoms in total. The molecule has 0 aliphatic heterocycles. The van der Waals surface area contributed by atoms with Gasteiger partial charge in [0.25, 0.3) is 5.91 Å². The molecule has 0 aliphatic rings. The molecule has 0 aliphatic carbocycles. The number of rotatable bonds is 12. The first-order valence-electron chi connectivity index (χ1n) is 11.5. The third-order valence-corrected chi connectivity index (χ3v) is 5.79. The maximum Gasteiger partial charge on any atom is 0.303 e. The second-order valence-electron chi connectivity index (χ2n) is 8.24. The number of hydrogen-bond donors (Lipinski definition) is 2. The van der Waals surface area contributed by atoms with E-state index in [1.807, 2.05) is 60.7 Å². The van der Waals surface area contributed by atoms with Gasteiger partial charge in [-0.25, -0.2) is 0 Å². The van der Waals surface area contributed by atoms with Gasteiger partial charge in [-0.1, -0.05) is 72.8 Å². The number of carboxylic acid groups (broad SMARTS) is 1. The van der Waals surface area contributed by atoms with Crippen molar-refractivity contribution in [2.75, 3.05) is 6.54 Å². The standard InChI is InChI=1S/C28H30N2O4/c29-27(33)25(18-19-26(31)32)30(20-8-7-11-21-9-3-1-4-10-21)28(34)24-16-14-23(15-17-24)22-12-5-2-6-13-22/h1-6,9-10,12-17,25H,7-8,11,18-20H2,(H2,29,33)(H,31,32)/t25-/m0/s1. The Labute approximate surface area is 200 Å². The molecule has 0 radical (unpaired) electrons. The molecule has 0 aromatic heterocycles. The maximum atomic E-state index is 13.4. The Morgan fingerprint density at radius 1 is 0.794 bits per heavy atom. The van der Waals surface area contributed by atoms with Crippen LogP contribution in [0.25, 0.3) is 11.1 Å². The minimum atomic E-state index is -1.03. The third-order valence-electron chi connectivity index (χ3n) is 5.79. The average Bonchev–Trinajstić information content (AvgIpc) is 2.86. The topological polar surface area (TPSA) is 101 Å². The van der Waals surface area contributed by atoms with Crippen molar-refractivity contribution in [1.82, 2.24) is 4.90 Å². The minimum Gasteiger partial charge on any atom is -0.481 e.